The number of nitrogens with zero attached hydrogens (tertiary/aromatic N) is 1. The van der Waals surface area contributed by atoms with Crippen LogP contribution in [0, 0.1) is 0 Å². The first-order valence-electron chi connectivity index (χ1n) is 3.13. The van der Waals surface area contributed by atoms with Crippen LogP contribution in [0.5, 0.6) is 0 Å². The number of hydrazine groups is 1. The number of hydrogen-bond donors (Lipinski definition) is 5. The van der Waals surface area contributed by atoms with Gasteiger partial charge in [-0.3, -0.25) is 5.84 Å². The molecule has 7 nitrogen and oxygen atoms in total. The van der Waals surface area contributed by atoms with Gasteiger partial charge in [0, 0.05) is 0 Å². The normalized spacial score (nSPS) is 12.1. The summed E-state index contributed by atoms with van der Waals surface area (Å²) in [7, 11) is 0. The molecule has 0 aliphatic heterocycles. The molecule has 0 unspecified atom stereocenters. The average Bonchev–Trinajstić information content (AvgIpc) is 2.06. The van der Waals surface area contributed by atoms with Gasteiger partial charge in [0.15, 0.2) is 5.54 Å². The Morgan fingerprint density at radius 1 is 1.33 bits per heavy atom. The van der Waals surface area contributed by atoms with Gasteiger partial charge in [-0.25, -0.2) is 9.80 Å². The first-order chi connectivity index (χ1) is 5.55. The highest BCUT2D eigenvalue weighted by Crippen LogP contribution is 2.09. The number of carboxylic acids is 1. The molecule has 0 aromatic heterocycles. The minimum atomic E-state index is -2.02. The third-order valence-corrected chi connectivity index (χ3v) is 1.62. The molecule has 0 aromatic carbocycles. The lowest BCUT2D eigenvalue weighted by Crippen LogP contribution is -2.63. The summed E-state index contributed by atoms with van der Waals surface area (Å²) in [5.74, 6) is 3.56. The van der Waals surface area contributed by atoms with E-state index in [0.29, 0.717) is 5.01 Å². The van der Waals surface area contributed by atoms with Gasteiger partial charge in [0.25, 0.3) is 0 Å². The van der Waals surface area contributed by atoms with Gasteiger partial charge in [-0.1, -0.05) is 0 Å². The van der Waals surface area contributed by atoms with Crippen molar-refractivity contribution in [3.05, 3.63) is 0 Å². The van der Waals surface area contributed by atoms with E-state index in [9.17, 15) is 4.79 Å². The number of aliphatic hydroxyl groups excluding tert-OH is 3. The molecule has 0 bridgehead atoms. The Hall–Kier alpha value is -0.730. The third-order valence-electron chi connectivity index (χ3n) is 1.62. The average molecular weight is 180 g/mol. The molecule has 0 aliphatic carbocycles. The first kappa shape index (κ1) is 11.3. The number of rotatable bonds is 5. The van der Waals surface area contributed by atoms with Crippen LogP contribution in [-0.4, -0.2) is 56.9 Å². The number of nitrogens with two attached hydrogens (primary N) is 1. The molecule has 0 radical (unpaired) electrons. The highest BCUT2D eigenvalue weighted by Gasteiger charge is 2.42. The predicted octanol–water partition coefficient (Wildman–Crippen LogP) is -3.08. The molecule has 0 heterocycles. The molecular formula is C5H12N2O5. The van der Waals surface area contributed by atoms with Crippen LogP contribution in [0.25, 0.3) is 0 Å². The van der Waals surface area contributed by atoms with Gasteiger partial charge >= 0.3 is 5.97 Å². The Kier molecular flexibility index (Phi) is 4.07. The van der Waals surface area contributed by atoms with Crippen molar-refractivity contribution >= 4 is 5.97 Å². The van der Waals surface area contributed by atoms with Crippen LogP contribution >= 0.6 is 0 Å². The van der Waals surface area contributed by atoms with Crippen LogP contribution in [-0.2, 0) is 4.79 Å². The molecule has 0 aromatic rings. The molecule has 0 fully saturated rings. The fraction of sp³-hybridized carbons (Fsp3) is 0.800. The van der Waals surface area contributed by atoms with E-state index < -0.39 is 31.5 Å². The summed E-state index contributed by atoms with van der Waals surface area (Å²) in [6.07, 6.45) is 0. The van der Waals surface area contributed by atoms with E-state index in [1.54, 1.807) is 0 Å². The minimum Gasteiger partial charge on any atom is -0.480 e. The first-order valence-corrected chi connectivity index (χ1v) is 3.13. The molecular weight excluding hydrogens is 168 g/mol. The van der Waals surface area contributed by atoms with Crippen LogP contribution in [0.1, 0.15) is 0 Å². The van der Waals surface area contributed by atoms with E-state index in [-0.39, 0.29) is 0 Å². The van der Waals surface area contributed by atoms with Gasteiger partial charge in [0.2, 0.25) is 0 Å². The Balaban J connectivity index is 4.68. The summed E-state index contributed by atoms with van der Waals surface area (Å²) in [5.41, 5.74) is -2.02. The van der Waals surface area contributed by atoms with Crippen LogP contribution in [0.15, 0.2) is 0 Å². The van der Waals surface area contributed by atoms with Crippen molar-refractivity contribution in [3.63, 3.8) is 0 Å². The zero-order chi connectivity index (χ0) is 9.78. The molecule has 0 saturated carbocycles. The lowest BCUT2D eigenvalue weighted by atomic mass is 10.0. The predicted molar refractivity (Wildman–Crippen MR) is 37.7 cm³/mol. The summed E-state index contributed by atoms with van der Waals surface area (Å²) in [6.45, 7) is -2.53. The fourth-order valence-electron chi connectivity index (χ4n) is 0.625. The molecule has 0 amide bonds. The van der Waals surface area contributed by atoms with Crippen LogP contribution < -0.4 is 5.84 Å². The van der Waals surface area contributed by atoms with E-state index >= 15 is 0 Å². The zero-order valence-electron chi connectivity index (χ0n) is 6.34. The summed E-state index contributed by atoms with van der Waals surface area (Å²) in [4.78, 5) is 10.5. The molecule has 0 atom stereocenters. The van der Waals surface area contributed by atoms with Crippen molar-refractivity contribution in [2.24, 2.45) is 5.84 Å². The van der Waals surface area contributed by atoms with Gasteiger partial charge in [-0.15, -0.1) is 0 Å². The SMILES string of the molecule is NN(CO)C(CO)(CO)C(=O)O. The van der Waals surface area contributed by atoms with Gasteiger partial charge in [0.1, 0.15) is 6.73 Å². The molecule has 0 saturated heterocycles. The molecule has 72 valence electrons. The van der Waals surface area contributed by atoms with Gasteiger partial charge in [-0.05, 0) is 0 Å². The lowest BCUT2D eigenvalue weighted by molar-refractivity contribution is -0.163. The summed E-state index contributed by atoms with van der Waals surface area (Å²) in [6, 6.07) is 0. The lowest BCUT2D eigenvalue weighted by Gasteiger charge is -2.32. The monoisotopic (exact) mass is 180 g/mol. The van der Waals surface area contributed by atoms with Gasteiger partial charge in [0.05, 0.1) is 13.2 Å². The number of aliphatic carboxylic acids is 1. The van der Waals surface area contributed by atoms with Crippen molar-refractivity contribution in [3.8, 4) is 0 Å². The molecule has 6 N–H and O–H groups in total. The van der Waals surface area contributed by atoms with E-state index in [1.807, 2.05) is 0 Å². The Morgan fingerprint density at radius 3 is 1.83 bits per heavy atom. The standard InChI is InChI=1S/C5H12N2O5/c6-7(3-10)5(1-8,2-9)4(11)12/h8-10H,1-3,6H2,(H,11,12). The van der Waals surface area contributed by atoms with Crippen molar-refractivity contribution in [2.45, 2.75) is 5.54 Å². The largest absolute Gasteiger partial charge is 0.480 e. The van der Waals surface area contributed by atoms with Crippen molar-refractivity contribution in [1.29, 1.82) is 0 Å². The molecule has 12 heavy (non-hydrogen) atoms. The number of carboxylic acid groups (broad SMARTS) is 1. The van der Waals surface area contributed by atoms with Crippen molar-refractivity contribution < 1.29 is 25.2 Å². The quantitative estimate of drug-likeness (QED) is 0.172. The minimum absolute atomic E-state index is 0.454. The molecule has 0 aliphatic rings. The summed E-state index contributed by atoms with van der Waals surface area (Å²) >= 11 is 0. The van der Waals surface area contributed by atoms with Crippen LogP contribution in [0.3, 0.4) is 0 Å². The van der Waals surface area contributed by atoms with Crippen LogP contribution in [0.2, 0.25) is 0 Å². The maximum Gasteiger partial charge on any atom is 0.330 e. The number of aliphatic hydroxyl groups is 3. The van der Waals surface area contributed by atoms with Gasteiger partial charge in [-0.2, -0.15) is 0 Å². The Morgan fingerprint density at radius 2 is 1.75 bits per heavy atom. The van der Waals surface area contributed by atoms with E-state index in [1.165, 1.54) is 0 Å². The summed E-state index contributed by atoms with van der Waals surface area (Å²) < 4.78 is 0. The van der Waals surface area contributed by atoms with E-state index in [4.69, 9.17) is 26.3 Å². The second-order valence-corrected chi connectivity index (χ2v) is 2.26. The molecule has 0 spiro atoms. The topological polar surface area (TPSA) is 127 Å². The van der Waals surface area contributed by atoms with Crippen molar-refractivity contribution in [1.82, 2.24) is 5.01 Å². The maximum atomic E-state index is 10.5. The van der Waals surface area contributed by atoms with E-state index in [0.717, 1.165) is 0 Å². The van der Waals surface area contributed by atoms with Crippen LogP contribution in [0.4, 0.5) is 0 Å². The second-order valence-electron chi connectivity index (χ2n) is 2.26. The zero-order valence-corrected chi connectivity index (χ0v) is 6.34. The Labute approximate surface area is 68.6 Å². The van der Waals surface area contributed by atoms with Crippen molar-refractivity contribution in [2.75, 3.05) is 19.9 Å². The number of carbonyl (C=O) groups is 1. The second kappa shape index (κ2) is 4.33. The number of hydrogen-bond acceptors (Lipinski definition) is 6. The Bertz CT molecular complexity index is 158. The highest BCUT2D eigenvalue weighted by atomic mass is 16.4. The smallest absolute Gasteiger partial charge is 0.330 e. The molecule has 7 heteroatoms. The fourth-order valence-corrected chi connectivity index (χ4v) is 0.625. The van der Waals surface area contributed by atoms with E-state index in [2.05, 4.69) is 0 Å². The maximum absolute atomic E-state index is 10.5. The highest BCUT2D eigenvalue weighted by molar-refractivity contribution is 5.79. The third kappa shape index (κ3) is 1.71. The van der Waals surface area contributed by atoms with Gasteiger partial charge < -0.3 is 20.4 Å². The molecule has 0 rings (SSSR count). The summed E-state index contributed by atoms with van der Waals surface area (Å²) in [5, 5.41) is 34.9.